The van der Waals surface area contributed by atoms with E-state index in [2.05, 4.69) is 57.6 Å². The summed E-state index contributed by atoms with van der Waals surface area (Å²) in [5, 5.41) is 7.25. The standard InChI is InChI=1S/C33H39N7O2/c1-22-19-27(11-14-30(22)39-17-15-38(3)16-18-39)36-33-34-21-25-20-29(24-7-5-4-6-8-24)32(42)40(31(25)37-33)28-12-9-26(10-13-28)35-23(2)41/h4-8,11,14,19-21,26,28H,9-10,12-13,15-18H2,1-3H3,(H,35,41)(H,34,36,37)/t26-,28-. The van der Waals surface area contributed by atoms with E-state index in [-0.39, 0.29) is 23.6 Å². The number of hydrogen-bond donors (Lipinski definition) is 2. The van der Waals surface area contributed by atoms with Crippen molar-refractivity contribution >= 4 is 34.3 Å². The average Bonchev–Trinajstić information content (AvgIpc) is 2.98. The van der Waals surface area contributed by atoms with Crippen LogP contribution in [-0.4, -0.2) is 64.6 Å². The van der Waals surface area contributed by atoms with Gasteiger partial charge in [-0.1, -0.05) is 30.3 Å². The molecule has 9 heteroatoms. The molecule has 3 heterocycles. The first-order chi connectivity index (χ1) is 20.4. The molecule has 9 nitrogen and oxygen atoms in total. The number of nitrogens with one attached hydrogen (secondary N) is 2. The second-order valence-corrected chi connectivity index (χ2v) is 11.7. The van der Waals surface area contributed by atoms with Gasteiger partial charge in [-0.15, -0.1) is 0 Å². The Hall–Kier alpha value is -4.24. The molecule has 6 rings (SSSR count). The van der Waals surface area contributed by atoms with Crippen LogP contribution in [0.5, 0.6) is 0 Å². The largest absolute Gasteiger partial charge is 0.369 e. The van der Waals surface area contributed by atoms with E-state index in [1.165, 1.54) is 11.3 Å². The van der Waals surface area contributed by atoms with Crippen LogP contribution in [0.15, 0.2) is 65.6 Å². The van der Waals surface area contributed by atoms with Gasteiger partial charge in [0, 0.05) is 73.7 Å². The smallest absolute Gasteiger partial charge is 0.260 e. The molecule has 2 aromatic carbocycles. The average molecular weight is 566 g/mol. The van der Waals surface area contributed by atoms with Crippen LogP contribution in [0, 0.1) is 6.92 Å². The molecule has 2 N–H and O–H groups in total. The van der Waals surface area contributed by atoms with Gasteiger partial charge in [0.1, 0.15) is 5.65 Å². The zero-order chi connectivity index (χ0) is 29.2. The van der Waals surface area contributed by atoms with Crippen LogP contribution in [0.3, 0.4) is 0 Å². The van der Waals surface area contributed by atoms with Gasteiger partial charge in [-0.25, -0.2) is 4.98 Å². The molecule has 4 aromatic rings. The number of aromatic nitrogens is 3. The van der Waals surface area contributed by atoms with Gasteiger partial charge in [0.25, 0.3) is 5.56 Å². The van der Waals surface area contributed by atoms with Crippen molar-refractivity contribution in [3.63, 3.8) is 0 Å². The minimum atomic E-state index is -0.0475. The van der Waals surface area contributed by atoms with Crippen LogP contribution in [0.1, 0.15) is 44.2 Å². The molecule has 1 aliphatic heterocycles. The maximum atomic E-state index is 14.1. The van der Waals surface area contributed by atoms with E-state index < -0.39 is 0 Å². The Morgan fingerprint density at radius 1 is 0.952 bits per heavy atom. The predicted octanol–water partition coefficient (Wildman–Crippen LogP) is 4.88. The van der Waals surface area contributed by atoms with Crippen LogP contribution in [0.4, 0.5) is 17.3 Å². The molecule has 1 amide bonds. The Balaban J connectivity index is 1.33. The minimum absolute atomic E-state index is 0.0117. The van der Waals surface area contributed by atoms with Crippen molar-refractivity contribution in [3.05, 3.63) is 76.7 Å². The highest BCUT2D eigenvalue weighted by atomic mass is 16.1. The fourth-order valence-corrected chi connectivity index (χ4v) is 6.37. The van der Waals surface area contributed by atoms with Crippen LogP contribution >= 0.6 is 0 Å². The molecular weight excluding hydrogens is 526 g/mol. The molecule has 218 valence electrons. The topological polar surface area (TPSA) is 95.4 Å². The molecule has 2 aliphatic rings. The van der Waals surface area contributed by atoms with Crippen LogP contribution in [-0.2, 0) is 4.79 Å². The molecule has 1 aliphatic carbocycles. The normalized spacial score (nSPS) is 19.5. The zero-order valence-corrected chi connectivity index (χ0v) is 24.6. The molecule has 0 atom stereocenters. The van der Waals surface area contributed by atoms with E-state index in [4.69, 9.17) is 4.98 Å². The van der Waals surface area contributed by atoms with Gasteiger partial charge in [-0.05, 0) is 75.0 Å². The number of likely N-dealkylation sites (N-methyl/N-ethyl adjacent to an activating group) is 1. The molecule has 42 heavy (non-hydrogen) atoms. The summed E-state index contributed by atoms with van der Waals surface area (Å²) in [4.78, 5) is 40.0. The van der Waals surface area contributed by atoms with Crippen LogP contribution in [0.2, 0.25) is 0 Å². The van der Waals surface area contributed by atoms with Crippen LogP contribution < -0.4 is 21.1 Å². The summed E-state index contributed by atoms with van der Waals surface area (Å²) in [5.41, 5.74) is 5.47. The van der Waals surface area contributed by atoms with E-state index >= 15 is 0 Å². The number of fused-ring (bicyclic) bond motifs is 1. The third-order valence-corrected chi connectivity index (χ3v) is 8.62. The second kappa shape index (κ2) is 11.9. The number of aryl methyl sites for hydroxylation is 1. The molecule has 0 spiro atoms. The fourth-order valence-electron chi connectivity index (χ4n) is 6.37. The lowest BCUT2D eigenvalue weighted by molar-refractivity contribution is -0.119. The predicted molar refractivity (Wildman–Crippen MR) is 169 cm³/mol. The Bertz CT molecular complexity index is 1640. The lowest BCUT2D eigenvalue weighted by Gasteiger charge is -2.35. The maximum absolute atomic E-state index is 14.1. The van der Waals surface area contributed by atoms with Crippen molar-refractivity contribution in [2.24, 2.45) is 0 Å². The van der Waals surface area contributed by atoms with Gasteiger partial charge in [-0.2, -0.15) is 4.98 Å². The number of amides is 1. The lowest BCUT2D eigenvalue weighted by Crippen LogP contribution is -2.44. The van der Waals surface area contributed by atoms with E-state index in [9.17, 15) is 9.59 Å². The number of hydrogen-bond acceptors (Lipinski definition) is 7. The van der Waals surface area contributed by atoms with Crippen molar-refractivity contribution in [2.75, 3.05) is 43.4 Å². The molecular formula is C33H39N7O2. The summed E-state index contributed by atoms with van der Waals surface area (Å²) in [6.45, 7) is 7.86. The quantitative estimate of drug-likeness (QED) is 0.344. The SMILES string of the molecule is CC(=O)N[C@H]1CC[C@H](n2c(=O)c(-c3ccccc3)cc3cnc(Nc4ccc(N5CCN(C)CC5)c(C)c4)nc32)CC1. The van der Waals surface area contributed by atoms with Gasteiger partial charge in [-0.3, -0.25) is 14.2 Å². The Kier molecular flexibility index (Phi) is 7.93. The first-order valence-corrected chi connectivity index (χ1v) is 14.9. The molecule has 0 unspecified atom stereocenters. The van der Waals surface area contributed by atoms with Gasteiger partial charge < -0.3 is 20.4 Å². The first-order valence-electron chi connectivity index (χ1n) is 14.9. The summed E-state index contributed by atoms with van der Waals surface area (Å²) < 4.78 is 1.87. The molecule has 1 saturated heterocycles. The molecule has 2 fully saturated rings. The highest BCUT2D eigenvalue weighted by molar-refractivity contribution is 5.82. The highest BCUT2D eigenvalue weighted by Gasteiger charge is 2.26. The van der Waals surface area contributed by atoms with Gasteiger partial charge in [0.2, 0.25) is 11.9 Å². The van der Waals surface area contributed by atoms with Crippen molar-refractivity contribution < 1.29 is 4.79 Å². The van der Waals surface area contributed by atoms with Gasteiger partial charge in [0.05, 0.1) is 0 Å². The summed E-state index contributed by atoms with van der Waals surface area (Å²) >= 11 is 0. The fraction of sp³-hybridized carbons (Fsp3) is 0.394. The third kappa shape index (κ3) is 5.87. The first kappa shape index (κ1) is 27.9. The van der Waals surface area contributed by atoms with Gasteiger partial charge >= 0.3 is 0 Å². The number of carbonyl (C=O) groups excluding carboxylic acids is 1. The summed E-state index contributed by atoms with van der Waals surface area (Å²) in [6, 6.07) is 18.2. The Morgan fingerprint density at radius 3 is 2.38 bits per heavy atom. The number of piperazine rings is 1. The lowest BCUT2D eigenvalue weighted by atomic mass is 9.90. The number of rotatable bonds is 6. The molecule has 0 radical (unpaired) electrons. The van der Waals surface area contributed by atoms with E-state index in [1.54, 1.807) is 13.1 Å². The van der Waals surface area contributed by atoms with Crippen molar-refractivity contribution in [2.45, 2.75) is 51.6 Å². The number of pyridine rings is 1. The molecule has 1 saturated carbocycles. The molecule has 2 aromatic heterocycles. The van der Waals surface area contributed by atoms with Gasteiger partial charge in [0.15, 0.2) is 0 Å². The summed E-state index contributed by atoms with van der Waals surface area (Å²) in [7, 11) is 2.17. The summed E-state index contributed by atoms with van der Waals surface area (Å²) in [6.07, 6.45) is 5.03. The van der Waals surface area contributed by atoms with Crippen LogP contribution in [0.25, 0.3) is 22.2 Å². The number of anilines is 3. The van der Waals surface area contributed by atoms with E-state index in [0.29, 0.717) is 17.2 Å². The van der Waals surface area contributed by atoms with Crippen molar-refractivity contribution in [3.8, 4) is 11.1 Å². The van der Waals surface area contributed by atoms with E-state index in [0.717, 1.165) is 68.5 Å². The Morgan fingerprint density at radius 2 is 1.69 bits per heavy atom. The zero-order valence-electron chi connectivity index (χ0n) is 24.6. The highest BCUT2D eigenvalue weighted by Crippen LogP contribution is 2.32. The molecule has 0 bridgehead atoms. The number of carbonyl (C=O) groups is 1. The number of benzene rings is 2. The van der Waals surface area contributed by atoms with Crippen molar-refractivity contribution in [1.82, 2.24) is 24.8 Å². The number of nitrogens with zero attached hydrogens (tertiary/aromatic N) is 5. The monoisotopic (exact) mass is 565 g/mol. The third-order valence-electron chi connectivity index (χ3n) is 8.62. The second-order valence-electron chi connectivity index (χ2n) is 11.7. The summed E-state index contributed by atoms with van der Waals surface area (Å²) in [5.74, 6) is 0.448. The Labute approximate surface area is 246 Å². The minimum Gasteiger partial charge on any atom is -0.369 e. The van der Waals surface area contributed by atoms with Crippen molar-refractivity contribution in [1.29, 1.82) is 0 Å². The van der Waals surface area contributed by atoms with E-state index in [1.807, 2.05) is 41.0 Å². The maximum Gasteiger partial charge on any atom is 0.260 e.